The van der Waals surface area contributed by atoms with Crippen LogP contribution >= 0.6 is 0 Å². The highest BCUT2D eigenvalue weighted by Crippen LogP contribution is 2.39. The minimum absolute atomic E-state index is 0.259. The third kappa shape index (κ3) is 3.55. The summed E-state index contributed by atoms with van der Waals surface area (Å²) >= 11 is 0. The lowest BCUT2D eigenvalue weighted by molar-refractivity contribution is 0.186. The lowest BCUT2D eigenvalue weighted by atomic mass is 9.95. The highest BCUT2D eigenvalue weighted by Gasteiger charge is 2.30. The molecule has 0 aromatic heterocycles. The van der Waals surface area contributed by atoms with Crippen molar-refractivity contribution in [1.82, 2.24) is 4.90 Å². The molecular weight excluding hydrogens is 412 g/mol. The molecule has 5 aromatic carbocycles. The Morgan fingerprint density at radius 1 is 0.559 bits per heavy atom. The molecule has 168 valence electrons. The summed E-state index contributed by atoms with van der Waals surface area (Å²) < 4.78 is 0. The Bertz CT molecular complexity index is 1460. The molecule has 0 saturated heterocycles. The number of hydrogen-bond donors (Lipinski definition) is 0. The molecule has 2 atom stereocenters. The molecule has 0 spiro atoms. The van der Waals surface area contributed by atoms with Crippen molar-refractivity contribution in [2.45, 2.75) is 32.5 Å². The molecule has 0 bridgehead atoms. The van der Waals surface area contributed by atoms with Gasteiger partial charge in [0.25, 0.3) is 0 Å². The van der Waals surface area contributed by atoms with Gasteiger partial charge >= 0.3 is 0 Å². The predicted octanol–water partition coefficient (Wildman–Crippen LogP) is 8.09. The van der Waals surface area contributed by atoms with E-state index < -0.39 is 0 Å². The van der Waals surface area contributed by atoms with Gasteiger partial charge in [0.2, 0.25) is 0 Å². The zero-order valence-electron chi connectivity index (χ0n) is 19.9. The van der Waals surface area contributed by atoms with Crippen LogP contribution in [0, 0.1) is 0 Å². The minimum atomic E-state index is 0.259. The van der Waals surface area contributed by atoms with Crippen LogP contribution in [0.2, 0.25) is 0 Å². The maximum Gasteiger partial charge on any atom is 0.0721 e. The average Bonchev–Trinajstić information content (AvgIpc) is 2.91. The number of benzene rings is 5. The van der Waals surface area contributed by atoms with E-state index in [-0.39, 0.29) is 6.04 Å². The first-order chi connectivity index (χ1) is 16.7. The van der Waals surface area contributed by atoms with Crippen LogP contribution in [0.3, 0.4) is 0 Å². The Labute approximate surface area is 202 Å². The number of anilines is 1. The van der Waals surface area contributed by atoms with Gasteiger partial charge in [0.1, 0.15) is 0 Å². The predicted molar refractivity (Wildman–Crippen MR) is 144 cm³/mol. The van der Waals surface area contributed by atoms with Crippen LogP contribution in [0.5, 0.6) is 0 Å². The zero-order chi connectivity index (χ0) is 23.1. The first-order valence-electron chi connectivity index (χ1n) is 12.2. The Kier molecular flexibility index (Phi) is 5.31. The van der Waals surface area contributed by atoms with Crippen molar-refractivity contribution in [3.63, 3.8) is 0 Å². The van der Waals surface area contributed by atoms with Gasteiger partial charge in [-0.05, 0) is 58.1 Å². The monoisotopic (exact) mass is 442 g/mol. The maximum absolute atomic E-state index is 2.62. The molecule has 0 fully saturated rings. The summed E-state index contributed by atoms with van der Waals surface area (Å²) in [4.78, 5) is 5.20. The molecule has 6 rings (SSSR count). The van der Waals surface area contributed by atoms with Gasteiger partial charge in [-0.3, -0.25) is 4.90 Å². The highest BCUT2D eigenvalue weighted by molar-refractivity contribution is 5.87. The second-order valence-electron chi connectivity index (χ2n) is 9.48. The number of nitrogens with zero attached hydrogens (tertiary/aromatic N) is 2. The fourth-order valence-electron chi connectivity index (χ4n) is 5.65. The summed E-state index contributed by atoms with van der Waals surface area (Å²) in [5.74, 6) is 0. The van der Waals surface area contributed by atoms with Gasteiger partial charge in [-0.1, -0.05) is 103 Å². The van der Waals surface area contributed by atoms with E-state index in [0.29, 0.717) is 6.04 Å². The molecule has 0 amide bonds. The molecule has 34 heavy (non-hydrogen) atoms. The van der Waals surface area contributed by atoms with Crippen LogP contribution in [-0.2, 0) is 6.54 Å². The first-order valence-corrected chi connectivity index (χ1v) is 12.2. The smallest absolute Gasteiger partial charge is 0.0721 e. The van der Waals surface area contributed by atoms with Crippen molar-refractivity contribution >= 4 is 27.2 Å². The summed E-state index contributed by atoms with van der Waals surface area (Å²) in [5, 5.41) is 5.31. The highest BCUT2D eigenvalue weighted by atomic mass is 15.4. The molecule has 0 radical (unpaired) electrons. The summed E-state index contributed by atoms with van der Waals surface area (Å²) in [5.41, 5.74) is 5.53. The van der Waals surface area contributed by atoms with Crippen molar-refractivity contribution in [1.29, 1.82) is 0 Å². The third-order valence-corrected chi connectivity index (χ3v) is 7.57. The molecule has 1 aliphatic rings. The van der Waals surface area contributed by atoms with Crippen LogP contribution in [0.1, 0.15) is 42.6 Å². The van der Waals surface area contributed by atoms with Gasteiger partial charge in [-0.25, -0.2) is 0 Å². The van der Waals surface area contributed by atoms with Gasteiger partial charge in [0, 0.05) is 18.3 Å². The van der Waals surface area contributed by atoms with Crippen molar-refractivity contribution in [3.8, 4) is 0 Å². The Morgan fingerprint density at radius 3 is 1.76 bits per heavy atom. The molecule has 2 nitrogen and oxygen atoms in total. The summed E-state index contributed by atoms with van der Waals surface area (Å²) in [6, 6.07) is 40.4. The van der Waals surface area contributed by atoms with Crippen LogP contribution in [0.15, 0.2) is 109 Å². The Hall–Kier alpha value is -3.62. The minimum Gasteiger partial charge on any atom is -0.351 e. The van der Waals surface area contributed by atoms with E-state index in [1.54, 1.807) is 0 Å². The van der Waals surface area contributed by atoms with E-state index >= 15 is 0 Å². The number of rotatable bonds is 4. The standard InChI is InChI=1S/C32H30N2/c1-23(28-18-9-14-25-11-3-6-16-30(25)28)33-21-27-13-5-8-20-32(27)34(22-33)24(2)29-19-10-15-26-12-4-7-17-31(26)29/h3-20,23-24H,21-22H2,1-2H3/t23-,24-/m0/s1. The van der Waals surface area contributed by atoms with Crippen molar-refractivity contribution in [3.05, 3.63) is 126 Å². The zero-order valence-corrected chi connectivity index (χ0v) is 19.9. The molecule has 0 unspecified atom stereocenters. The molecule has 2 heteroatoms. The lowest BCUT2D eigenvalue weighted by Crippen LogP contribution is -2.44. The van der Waals surface area contributed by atoms with Gasteiger partial charge in [0.15, 0.2) is 0 Å². The average molecular weight is 443 g/mol. The molecular formula is C32H30N2. The van der Waals surface area contributed by atoms with E-state index in [1.807, 2.05) is 0 Å². The summed E-state index contributed by atoms with van der Waals surface area (Å²) in [6.07, 6.45) is 0. The van der Waals surface area contributed by atoms with Crippen LogP contribution in [-0.4, -0.2) is 11.6 Å². The largest absolute Gasteiger partial charge is 0.351 e. The lowest BCUT2D eigenvalue weighted by Gasteiger charge is -2.44. The van der Waals surface area contributed by atoms with Crippen molar-refractivity contribution < 1.29 is 0 Å². The SMILES string of the molecule is C[C@@H](c1cccc2ccccc12)N1Cc2ccccc2N([C@@H](C)c2cccc3ccccc23)C1. The second kappa shape index (κ2) is 8.62. The van der Waals surface area contributed by atoms with E-state index in [9.17, 15) is 0 Å². The van der Waals surface area contributed by atoms with E-state index in [1.165, 1.54) is 43.9 Å². The molecule has 0 N–H and O–H groups in total. The Morgan fingerprint density at radius 2 is 1.09 bits per heavy atom. The van der Waals surface area contributed by atoms with Crippen molar-refractivity contribution in [2.24, 2.45) is 0 Å². The van der Waals surface area contributed by atoms with E-state index in [2.05, 4.69) is 133 Å². The molecule has 0 aliphatic carbocycles. The fraction of sp³-hybridized carbons (Fsp3) is 0.188. The third-order valence-electron chi connectivity index (χ3n) is 7.57. The molecule has 1 heterocycles. The number of hydrogen-bond acceptors (Lipinski definition) is 2. The van der Waals surface area contributed by atoms with E-state index in [0.717, 1.165) is 13.2 Å². The van der Waals surface area contributed by atoms with Gasteiger partial charge in [-0.15, -0.1) is 0 Å². The molecule has 5 aromatic rings. The molecule has 0 saturated carbocycles. The Balaban J connectivity index is 1.41. The van der Waals surface area contributed by atoms with Crippen molar-refractivity contribution in [2.75, 3.05) is 11.6 Å². The topological polar surface area (TPSA) is 6.48 Å². The second-order valence-corrected chi connectivity index (χ2v) is 9.48. The quantitative estimate of drug-likeness (QED) is 0.277. The van der Waals surface area contributed by atoms with Crippen LogP contribution < -0.4 is 4.90 Å². The maximum atomic E-state index is 2.62. The van der Waals surface area contributed by atoms with Gasteiger partial charge in [0.05, 0.1) is 12.7 Å². The molecule has 1 aliphatic heterocycles. The van der Waals surface area contributed by atoms with Gasteiger partial charge in [-0.2, -0.15) is 0 Å². The van der Waals surface area contributed by atoms with Gasteiger partial charge < -0.3 is 4.90 Å². The summed E-state index contributed by atoms with van der Waals surface area (Å²) in [7, 11) is 0. The number of para-hydroxylation sites is 1. The summed E-state index contributed by atoms with van der Waals surface area (Å²) in [6.45, 7) is 6.56. The normalized spacial score (nSPS) is 15.9. The van der Waals surface area contributed by atoms with Crippen LogP contribution in [0.25, 0.3) is 21.5 Å². The number of fused-ring (bicyclic) bond motifs is 3. The van der Waals surface area contributed by atoms with Crippen LogP contribution in [0.4, 0.5) is 5.69 Å². The first kappa shape index (κ1) is 20.9. The fourth-order valence-corrected chi connectivity index (χ4v) is 5.65. The van der Waals surface area contributed by atoms with E-state index in [4.69, 9.17) is 0 Å².